The Kier molecular flexibility index (Phi) is 3.95. The van der Waals surface area contributed by atoms with E-state index in [2.05, 4.69) is 72.8 Å². The number of benzene rings is 6. The minimum absolute atomic E-state index is 0.229. The van der Waals surface area contributed by atoms with Crippen LogP contribution in [0.4, 0.5) is 0 Å². The normalized spacial score (nSPS) is 14.5. The lowest BCUT2D eigenvalue weighted by molar-refractivity contribution is 0.442. The van der Waals surface area contributed by atoms with E-state index in [0.29, 0.717) is 0 Å². The Morgan fingerprint density at radius 3 is 1.51 bits per heavy atom. The van der Waals surface area contributed by atoms with Gasteiger partial charge in [0.25, 0.3) is 0 Å². The van der Waals surface area contributed by atoms with E-state index in [4.69, 9.17) is 4.74 Å². The minimum atomic E-state index is -0.577. The number of fused-ring (bicyclic) bond motifs is 12. The summed E-state index contributed by atoms with van der Waals surface area (Å²) in [6, 6.07) is 36.9. The maximum absolute atomic E-state index is 10.2. The standard InChI is InChI=1S/C34H22O3/c35-24-11-13-26-20(18-24)9-15-30-32(26)37-33-27-14-12-25(36)19-21(27)10-16-31(33)34(30)28-7-3-1-5-22(28)17-23-6-2-4-8-29(23)34/h1-16,18-19,35-36H,17H2. The zero-order valence-corrected chi connectivity index (χ0v) is 19.9. The molecule has 0 amide bonds. The van der Waals surface area contributed by atoms with Crippen molar-refractivity contribution < 1.29 is 14.9 Å². The zero-order chi connectivity index (χ0) is 24.7. The van der Waals surface area contributed by atoms with Crippen molar-refractivity contribution in [3.8, 4) is 23.0 Å². The van der Waals surface area contributed by atoms with Gasteiger partial charge in [-0.2, -0.15) is 0 Å². The molecule has 0 aromatic heterocycles. The van der Waals surface area contributed by atoms with Crippen LogP contribution >= 0.6 is 0 Å². The molecule has 2 aliphatic rings. The van der Waals surface area contributed by atoms with Crippen molar-refractivity contribution in [3.05, 3.63) is 143 Å². The number of phenols is 2. The number of hydrogen-bond donors (Lipinski definition) is 2. The van der Waals surface area contributed by atoms with E-state index >= 15 is 0 Å². The first-order valence-corrected chi connectivity index (χ1v) is 12.5. The number of phenolic OH excluding ortho intramolecular Hbond substituents is 2. The fourth-order valence-electron chi connectivity index (χ4n) is 6.65. The maximum atomic E-state index is 10.2. The lowest BCUT2D eigenvalue weighted by atomic mass is 9.58. The molecule has 2 N–H and O–H groups in total. The molecule has 0 saturated heterocycles. The Morgan fingerprint density at radius 2 is 1.00 bits per heavy atom. The number of hydrogen-bond acceptors (Lipinski definition) is 3. The van der Waals surface area contributed by atoms with Gasteiger partial charge < -0.3 is 14.9 Å². The Hall–Kier alpha value is -4.76. The summed E-state index contributed by atoms with van der Waals surface area (Å²) in [5, 5.41) is 24.2. The highest BCUT2D eigenvalue weighted by Crippen LogP contribution is 2.60. The van der Waals surface area contributed by atoms with Crippen molar-refractivity contribution >= 4 is 21.5 Å². The first-order chi connectivity index (χ1) is 18.1. The summed E-state index contributed by atoms with van der Waals surface area (Å²) < 4.78 is 6.88. The van der Waals surface area contributed by atoms with Crippen LogP contribution in [0.15, 0.2) is 109 Å². The molecule has 176 valence electrons. The third kappa shape index (κ3) is 2.61. The topological polar surface area (TPSA) is 49.7 Å². The van der Waals surface area contributed by atoms with Crippen LogP contribution in [-0.4, -0.2) is 10.2 Å². The lowest BCUT2D eigenvalue weighted by Crippen LogP contribution is -2.38. The fourth-order valence-corrected chi connectivity index (χ4v) is 6.65. The van der Waals surface area contributed by atoms with E-state index in [-0.39, 0.29) is 11.5 Å². The molecule has 0 unspecified atom stereocenters. The molecule has 1 heterocycles. The summed E-state index contributed by atoms with van der Waals surface area (Å²) in [5.74, 6) is 2.06. The largest absolute Gasteiger partial charge is 0.508 e. The summed E-state index contributed by atoms with van der Waals surface area (Å²) in [6.07, 6.45) is 0.878. The number of ether oxygens (including phenoxy) is 1. The van der Waals surface area contributed by atoms with Crippen LogP contribution in [0, 0.1) is 0 Å². The van der Waals surface area contributed by atoms with Gasteiger partial charge in [0.1, 0.15) is 23.0 Å². The molecule has 0 bridgehead atoms. The predicted octanol–water partition coefficient (Wildman–Crippen LogP) is 7.80. The Labute approximate surface area is 213 Å². The molecule has 1 spiro atoms. The molecule has 8 rings (SSSR count). The highest BCUT2D eigenvalue weighted by Gasteiger charge is 2.49. The van der Waals surface area contributed by atoms with Crippen LogP contribution < -0.4 is 4.74 Å². The summed E-state index contributed by atoms with van der Waals surface area (Å²) in [6.45, 7) is 0. The van der Waals surface area contributed by atoms with E-state index < -0.39 is 5.41 Å². The van der Waals surface area contributed by atoms with Gasteiger partial charge in [-0.15, -0.1) is 0 Å². The van der Waals surface area contributed by atoms with Gasteiger partial charge in [0.05, 0.1) is 5.41 Å². The Balaban J connectivity index is 1.61. The lowest BCUT2D eigenvalue weighted by Gasteiger charge is -2.46. The van der Waals surface area contributed by atoms with Crippen LogP contribution in [0.25, 0.3) is 21.5 Å². The molecule has 6 aromatic rings. The number of rotatable bonds is 0. The van der Waals surface area contributed by atoms with Crippen molar-refractivity contribution in [3.63, 3.8) is 0 Å². The Morgan fingerprint density at radius 1 is 0.514 bits per heavy atom. The molecule has 0 radical (unpaired) electrons. The van der Waals surface area contributed by atoms with Crippen molar-refractivity contribution in [1.29, 1.82) is 0 Å². The Bertz CT molecular complexity index is 1780. The van der Waals surface area contributed by atoms with Crippen molar-refractivity contribution in [2.24, 2.45) is 0 Å². The second-order valence-corrected chi connectivity index (χ2v) is 10.0. The van der Waals surface area contributed by atoms with Gasteiger partial charge >= 0.3 is 0 Å². The molecular weight excluding hydrogens is 456 g/mol. The molecule has 0 fully saturated rings. The highest BCUT2D eigenvalue weighted by molar-refractivity contribution is 5.98. The van der Waals surface area contributed by atoms with Crippen LogP contribution in [0.5, 0.6) is 23.0 Å². The van der Waals surface area contributed by atoms with Crippen LogP contribution in [-0.2, 0) is 11.8 Å². The summed E-state index contributed by atoms with van der Waals surface area (Å²) in [4.78, 5) is 0. The van der Waals surface area contributed by atoms with Crippen molar-refractivity contribution in [2.45, 2.75) is 11.8 Å². The van der Waals surface area contributed by atoms with Gasteiger partial charge in [-0.1, -0.05) is 72.8 Å². The molecule has 1 aliphatic heterocycles. The van der Waals surface area contributed by atoms with Gasteiger partial charge in [0.15, 0.2) is 0 Å². The average Bonchev–Trinajstić information content (AvgIpc) is 2.92. The predicted molar refractivity (Wildman–Crippen MR) is 146 cm³/mol. The minimum Gasteiger partial charge on any atom is -0.508 e. The maximum Gasteiger partial charge on any atom is 0.140 e. The van der Waals surface area contributed by atoms with Gasteiger partial charge in [-0.25, -0.2) is 0 Å². The molecule has 3 heteroatoms. The van der Waals surface area contributed by atoms with Gasteiger partial charge in [0.2, 0.25) is 0 Å². The smallest absolute Gasteiger partial charge is 0.140 e. The molecule has 0 saturated carbocycles. The first kappa shape index (κ1) is 20.4. The first-order valence-electron chi connectivity index (χ1n) is 12.5. The summed E-state index contributed by atoms with van der Waals surface area (Å²) >= 11 is 0. The fraction of sp³-hybridized carbons (Fsp3) is 0.0588. The zero-order valence-electron chi connectivity index (χ0n) is 19.9. The van der Waals surface area contributed by atoms with Crippen LogP contribution in [0.3, 0.4) is 0 Å². The quantitative estimate of drug-likeness (QED) is 0.234. The van der Waals surface area contributed by atoms with Gasteiger partial charge in [-0.3, -0.25) is 0 Å². The summed E-state index contributed by atoms with van der Waals surface area (Å²) in [5.41, 5.74) is 6.73. The van der Waals surface area contributed by atoms with Crippen LogP contribution in [0.2, 0.25) is 0 Å². The highest BCUT2D eigenvalue weighted by atomic mass is 16.5. The van der Waals surface area contributed by atoms with E-state index in [1.807, 2.05) is 12.1 Å². The third-order valence-corrected chi connectivity index (χ3v) is 8.14. The second-order valence-electron chi connectivity index (χ2n) is 10.0. The van der Waals surface area contributed by atoms with Crippen molar-refractivity contribution in [2.75, 3.05) is 0 Å². The second kappa shape index (κ2) is 7.14. The average molecular weight is 479 g/mol. The van der Waals surface area contributed by atoms with E-state index in [0.717, 1.165) is 50.6 Å². The molecule has 3 nitrogen and oxygen atoms in total. The van der Waals surface area contributed by atoms with Gasteiger partial charge in [0, 0.05) is 21.9 Å². The van der Waals surface area contributed by atoms with E-state index in [1.165, 1.54) is 22.3 Å². The summed E-state index contributed by atoms with van der Waals surface area (Å²) in [7, 11) is 0. The molecule has 1 aliphatic carbocycles. The van der Waals surface area contributed by atoms with Gasteiger partial charge in [-0.05, 0) is 75.8 Å². The van der Waals surface area contributed by atoms with E-state index in [1.54, 1.807) is 24.3 Å². The third-order valence-electron chi connectivity index (χ3n) is 8.14. The molecular formula is C34H22O3. The van der Waals surface area contributed by atoms with Crippen molar-refractivity contribution in [1.82, 2.24) is 0 Å². The number of aromatic hydroxyl groups is 2. The molecule has 6 aromatic carbocycles. The van der Waals surface area contributed by atoms with E-state index in [9.17, 15) is 10.2 Å². The van der Waals surface area contributed by atoms with Crippen LogP contribution in [0.1, 0.15) is 33.4 Å². The SMILES string of the molecule is Oc1ccc2c3c(ccc2c1)C1(c2ccccc2Cc2ccccc21)c1ccc2cc(O)ccc2c1O3. The molecule has 0 atom stereocenters. The molecule has 37 heavy (non-hydrogen) atoms. The monoisotopic (exact) mass is 478 g/mol.